The maximum absolute atomic E-state index is 12.5. The molecule has 0 aromatic carbocycles. The van der Waals surface area contributed by atoms with Gasteiger partial charge in [0.15, 0.2) is 55.6 Å². The molecule has 21 saturated heterocycles. The van der Waals surface area contributed by atoms with E-state index < -0.39 is 274 Å². The van der Waals surface area contributed by atoms with Crippen molar-refractivity contribution in [2.24, 2.45) is 40.4 Å². The van der Waals surface area contributed by atoms with Crippen molar-refractivity contribution in [1.29, 1.82) is 0 Å². The van der Waals surface area contributed by atoms with Crippen molar-refractivity contribution in [2.75, 3.05) is 52.9 Å². The smallest absolute Gasteiger partial charge is 0.187 e. The molecule has 3 saturated carbocycles. The van der Waals surface area contributed by atoms with Crippen LogP contribution >= 0.6 is 0 Å². The number of carbonyl (C=O) groups is 2. The van der Waals surface area contributed by atoms with Gasteiger partial charge in [0.1, 0.15) is 178 Å². The maximum Gasteiger partial charge on any atom is 0.187 e. The van der Waals surface area contributed by atoms with Crippen LogP contribution in [0, 0.1) is 40.4 Å². The number of allylic oxidation sites excluding steroid dienone is 4. The van der Waals surface area contributed by atoms with Gasteiger partial charge in [0.25, 0.3) is 0 Å². The van der Waals surface area contributed by atoms with Crippen LogP contribution in [0.5, 0.6) is 0 Å². The first-order chi connectivity index (χ1) is 48.9. The normalized spacial score (nSPS) is 54.0. The van der Waals surface area contributed by atoms with Crippen molar-refractivity contribution in [2.45, 2.75) is 267 Å². The predicted octanol–water partition coefficient (Wildman–Crippen LogP) is -12.5. The Kier molecular flexibility index (Phi) is 26.1. The highest BCUT2D eigenvalue weighted by atomic mass is 16.8. The van der Waals surface area contributed by atoms with Crippen LogP contribution in [0.2, 0.25) is 0 Å². The highest BCUT2D eigenvalue weighted by Gasteiger charge is 2.65. The average molecular weight is 1490 g/mol. The number of hydrogen-bond donors (Lipinski definition) is 23. The Hall–Kier alpha value is -2.66. The van der Waals surface area contributed by atoms with Gasteiger partial charge in [-0.2, -0.15) is 0 Å². The molecule has 0 aromatic rings. The fourth-order valence-electron chi connectivity index (χ4n) is 17.9. The van der Waals surface area contributed by atoms with E-state index in [1.54, 1.807) is 12.2 Å². The van der Waals surface area contributed by atoms with E-state index in [-0.39, 0.29) is 40.2 Å². The molecule has 103 heavy (non-hydrogen) atoms. The molecule has 4 aliphatic carbocycles. The average Bonchev–Trinajstić information content (AvgIpc) is 1.63. The summed E-state index contributed by atoms with van der Waals surface area (Å²) in [5, 5.41) is 251. The molecule has 14 bridgehead atoms. The minimum Gasteiger partial charge on any atom is -0.394 e. The van der Waals surface area contributed by atoms with Crippen molar-refractivity contribution in [3.8, 4) is 0 Å². The minimum atomic E-state index is -2.21. The van der Waals surface area contributed by atoms with Crippen molar-refractivity contribution < 1.29 is 193 Å². The molecule has 39 heteroatoms. The number of ketones is 2. The number of ether oxygens (including phenoxy) is 14. The standard InChI is InChI=1S/C42H70O35.C22H30O4/c43-1-8-29-15(50)22(57)36(64-8)72-30-9(2-44)66-38(24(59)17(30)52)74-32-11(4-46)68-40(26(61)19(32)54)76-34-13(6-48)70-42(28(63)21(34)56)77-35-14(7-49)69-41(27(62)20(35)55)75-33-12(5-47)67-39(25(60)18(33)53)73-31-10(3-45)65-37(71-29)23(58)16(31)51;1-12-8-16-15-5-4-13-9-14(24)6-7-21(13,2)20(15)17(25)10-22(16,3)19(12)18(26)11-23/h8-63H,1-7H2;6-7,9,12,15-17,19-20,23,25H,4-5,8,10-11H2,1-3H3/t8-,9-,10-,11-,12-,13-,14-,15-,16-,17-,18-,19-,20-,21-,22-,23-,24-,25-,26-,27-,28-,29-,30-,31-,32-,33-,34-,35-,36-,37-,38-,39-,40-,41-,42-;12-,15+,16?,17+,19-,20-,21+,22+/m11/s1. The summed E-state index contributed by atoms with van der Waals surface area (Å²) < 4.78 is 79.5. The van der Waals surface area contributed by atoms with Gasteiger partial charge in [-0.1, -0.05) is 32.4 Å². The molecule has 0 radical (unpaired) electrons. The van der Waals surface area contributed by atoms with E-state index in [1.165, 1.54) is 0 Å². The van der Waals surface area contributed by atoms with Crippen LogP contribution in [0.25, 0.3) is 0 Å². The molecule has 21 heterocycles. The first-order valence-corrected chi connectivity index (χ1v) is 34.6. The third-order valence-electron chi connectivity index (χ3n) is 23.1. The van der Waals surface area contributed by atoms with Gasteiger partial charge in [-0.25, -0.2) is 0 Å². The molecule has 24 fully saturated rings. The van der Waals surface area contributed by atoms with Crippen molar-refractivity contribution >= 4 is 11.6 Å². The molecular weight excluding hydrogens is 1390 g/mol. The summed E-state index contributed by atoms with van der Waals surface area (Å²) in [5.41, 5.74) is 0.647. The van der Waals surface area contributed by atoms with Crippen molar-refractivity contribution in [3.63, 3.8) is 0 Å². The molecule has 21 aliphatic heterocycles. The van der Waals surface area contributed by atoms with Gasteiger partial charge >= 0.3 is 0 Å². The first-order valence-electron chi connectivity index (χ1n) is 34.6. The molecule has 39 nitrogen and oxygen atoms in total. The predicted molar refractivity (Wildman–Crippen MR) is 327 cm³/mol. The molecule has 23 N–H and O–H groups in total. The Morgan fingerprint density at radius 3 is 0.913 bits per heavy atom. The van der Waals surface area contributed by atoms with Crippen LogP contribution in [0.15, 0.2) is 23.8 Å². The second kappa shape index (κ2) is 33.1. The molecule has 0 aromatic heterocycles. The van der Waals surface area contributed by atoms with Crippen molar-refractivity contribution in [3.05, 3.63) is 23.8 Å². The maximum atomic E-state index is 12.5. The van der Waals surface area contributed by atoms with Crippen LogP contribution in [-0.4, -0.2) is 403 Å². The van der Waals surface area contributed by atoms with E-state index in [2.05, 4.69) is 20.8 Å². The highest BCUT2D eigenvalue weighted by Crippen LogP contribution is 2.67. The molecule has 25 rings (SSSR count). The van der Waals surface area contributed by atoms with Crippen LogP contribution in [0.1, 0.15) is 46.5 Å². The van der Waals surface area contributed by atoms with E-state index in [4.69, 9.17) is 66.3 Å². The Bertz CT molecular complexity index is 2520. The Morgan fingerprint density at radius 1 is 0.408 bits per heavy atom. The lowest BCUT2D eigenvalue weighted by atomic mass is 9.46. The third-order valence-corrected chi connectivity index (χ3v) is 23.1. The Morgan fingerprint density at radius 2 is 0.670 bits per heavy atom. The van der Waals surface area contributed by atoms with E-state index in [0.717, 1.165) is 24.8 Å². The number of aliphatic hydroxyl groups excluding tert-OH is 23. The van der Waals surface area contributed by atoms with Gasteiger partial charge in [0, 0.05) is 17.3 Å². The largest absolute Gasteiger partial charge is 0.394 e. The zero-order valence-corrected chi connectivity index (χ0v) is 56.2. The van der Waals surface area contributed by atoms with E-state index in [9.17, 15) is 127 Å². The monoisotopic (exact) mass is 1490 g/mol. The van der Waals surface area contributed by atoms with E-state index in [0.29, 0.717) is 18.3 Å². The highest BCUT2D eigenvalue weighted by molar-refractivity contribution is 6.01. The summed E-state index contributed by atoms with van der Waals surface area (Å²) in [4.78, 5) is 24.3. The van der Waals surface area contributed by atoms with E-state index in [1.807, 2.05) is 6.08 Å². The van der Waals surface area contributed by atoms with Crippen LogP contribution < -0.4 is 0 Å². The topological polar surface area (TPSA) is 629 Å². The summed E-state index contributed by atoms with van der Waals surface area (Å²) in [6.45, 7) is -1.28. The van der Waals surface area contributed by atoms with Crippen LogP contribution in [0.4, 0.5) is 0 Å². The molecule has 0 amide bonds. The lowest BCUT2D eigenvalue weighted by Gasteiger charge is -2.58. The van der Waals surface area contributed by atoms with Gasteiger partial charge < -0.3 is 184 Å². The Balaban J connectivity index is 0.000000340. The summed E-state index contributed by atoms with van der Waals surface area (Å²) in [6.07, 6.45) is -61.9. The van der Waals surface area contributed by atoms with Crippen LogP contribution in [-0.2, 0) is 75.9 Å². The zero-order valence-electron chi connectivity index (χ0n) is 56.2. The number of aliphatic hydroxyl groups is 23. The number of Topliss-reactive ketones (excluding diaryl/α,β-unsaturated/α-hetero) is 1. The SMILES string of the molecule is C[C@@H]1CC2[C@@H]3CCC4=CC(=O)C=C[C@]4(C)[C@H]3[C@@H](O)C[C@]2(C)[C@H]1C(=O)CO.OC[C@H]1O[C@@H]2O[C@H]3[C@H](O)[C@@H](O)[C@@H](O[C@H]4[C@H](O)[C@@H](O)[C@@H](O[C@H]5[C@H](O)[C@@H](O)[C@@H](O[C@H]6[C@H](O)[C@@H](O)[C@@H](O[C@H]7[C@H](O)[C@@H](O)[C@@H](O[C@H]8[C@H](O)[C@@H](O)[C@@H](O[C@H]1[C@H](O)[C@H]2O)O[C@@H]8CO)O[C@@H]7CO)O[C@@H]6CO)O[C@@H]5CO)O[C@@H]4CO)O[C@@H]3CO. The summed E-state index contributed by atoms with van der Waals surface area (Å²) >= 11 is 0. The summed E-state index contributed by atoms with van der Waals surface area (Å²) in [6, 6.07) is 0. The van der Waals surface area contributed by atoms with E-state index >= 15 is 0 Å². The second-order valence-electron chi connectivity index (χ2n) is 29.3. The Labute approximate surface area is 587 Å². The molecule has 1 unspecified atom stereocenters. The third kappa shape index (κ3) is 15.1. The first kappa shape index (κ1) is 81.3. The quantitative estimate of drug-likeness (QED) is 0.102. The molecule has 590 valence electrons. The van der Waals surface area contributed by atoms with Gasteiger partial charge in [-0.3, -0.25) is 9.59 Å². The summed E-state index contributed by atoms with van der Waals surface area (Å²) in [5.74, 6) is 0.886. The van der Waals surface area contributed by atoms with Crippen molar-refractivity contribution in [1.82, 2.24) is 0 Å². The fourth-order valence-corrected chi connectivity index (χ4v) is 17.9. The molecule has 0 spiro atoms. The number of rotatable bonds is 9. The number of hydrogen-bond acceptors (Lipinski definition) is 39. The zero-order chi connectivity index (χ0) is 74.9. The minimum absolute atomic E-state index is 0.0501. The lowest BCUT2D eigenvalue weighted by molar-refractivity contribution is -0.396. The summed E-state index contributed by atoms with van der Waals surface area (Å²) in [7, 11) is 0. The van der Waals surface area contributed by atoms with Crippen LogP contribution in [0.3, 0.4) is 0 Å². The number of carbonyl (C=O) groups excluding carboxylic acids is 2. The van der Waals surface area contributed by atoms with Gasteiger partial charge in [-0.05, 0) is 61.0 Å². The van der Waals surface area contributed by atoms with Gasteiger partial charge in [0.05, 0.1) is 52.4 Å². The molecular formula is C64H100O39. The molecule has 25 aliphatic rings. The van der Waals surface area contributed by atoms with Gasteiger partial charge in [-0.15, -0.1) is 0 Å². The fraction of sp³-hybridized carbons (Fsp3) is 0.906. The number of fused-ring (bicyclic) bond motifs is 5. The van der Waals surface area contributed by atoms with Gasteiger partial charge in [0.2, 0.25) is 0 Å². The lowest BCUT2D eigenvalue weighted by Crippen LogP contribution is -2.68. The second-order valence-corrected chi connectivity index (χ2v) is 29.3. The molecule has 43 atom stereocenters.